The fraction of sp³-hybridized carbons (Fsp3) is 0.417. The van der Waals surface area contributed by atoms with Crippen molar-refractivity contribution in [1.29, 1.82) is 0 Å². The average molecular weight is 444 g/mol. The van der Waals surface area contributed by atoms with E-state index in [1.165, 1.54) is 4.31 Å². The van der Waals surface area contributed by atoms with Crippen LogP contribution in [0.4, 0.5) is 0 Å². The summed E-state index contributed by atoms with van der Waals surface area (Å²) in [5, 5.41) is 4.24. The molecule has 0 saturated carbocycles. The minimum atomic E-state index is -3.82. The molecule has 0 aliphatic rings. The lowest BCUT2D eigenvalue weighted by atomic mass is 10.1. The Morgan fingerprint density at radius 3 is 2.16 bits per heavy atom. The molecule has 0 fully saturated rings. The molecular formula is C24H33N3O3S. The Bertz CT molecular complexity index is 947. The van der Waals surface area contributed by atoms with Gasteiger partial charge in [0.05, 0.1) is 11.4 Å². The zero-order valence-electron chi connectivity index (χ0n) is 18.7. The number of sulfonamides is 1. The van der Waals surface area contributed by atoms with Crippen LogP contribution in [0, 0.1) is 6.92 Å². The van der Waals surface area contributed by atoms with Gasteiger partial charge in [-0.15, -0.1) is 0 Å². The van der Waals surface area contributed by atoms with Crippen molar-refractivity contribution in [2.75, 3.05) is 13.1 Å². The van der Waals surface area contributed by atoms with E-state index in [2.05, 4.69) is 24.4 Å². The second-order valence-electron chi connectivity index (χ2n) is 7.60. The maximum absolute atomic E-state index is 13.3. The van der Waals surface area contributed by atoms with Gasteiger partial charge in [0.15, 0.2) is 0 Å². The highest BCUT2D eigenvalue weighted by atomic mass is 32.2. The van der Waals surface area contributed by atoms with Gasteiger partial charge in [-0.1, -0.05) is 74.7 Å². The predicted octanol–water partition coefficient (Wildman–Crippen LogP) is 4.30. The normalized spacial score (nSPS) is 11.4. The lowest BCUT2D eigenvalue weighted by molar-refractivity contribution is -0.121. The van der Waals surface area contributed by atoms with Gasteiger partial charge in [0, 0.05) is 12.3 Å². The summed E-state index contributed by atoms with van der Waals surface area (Å²) in [6, 6.07) is 16.3. The highest BCUT2D eigenvalue weighted by Crippen LogP contribution is 2.17. The average Bonchev–Trinajstić information content (AvgIpc) is 2.76. The van der Waals surface area contributed by atoms with Gasteiger partial charge in [0.2, 0.25) is 10.0 Å². The zero-order valence-corrected chi connectivity index (χ0v) is 19.5. The summed E-state index contributed by atoms with van der Waals surface area (Å²) in [4.78, 5) is 12.8. The fourth-order valence-electron chi connectivity index (χ4n) is 3.19. The van der Waals surface area contributed by atoms with Crippen LogP contribution in [0.3, 0.4) is 0 Å². The van der Waals surface area contributed by atoms with E-state index in [9.17, 15) is 13.2 Å². The van der Waals surface area contributed by atoms with Gasteiger partial charge in [-0.05, 0) is 43.9 Å². The summed E-state index contributed by atoms with van der Waals surface area (Å²) in [7, 11) is -3.82. The molecule has 0 aliphatic heterocycles. The minimum absolute atomic E-state index is 0.181. The van der Waals surface area contributed by atoms with E-state index >= 15 is 0 Å². The zero-order chi connectivity index (χ0) is 22.7. The number of carbonyl (C=O) groups is 1. The summed E-state index contributed by atoms with van der Waals surface area (Å²) in [6.07, 6.45) is 4.03. The predicted molar refractivity (Wildman–Crippen MR) is 125 cm³/mol. The van der Waals surface area contributed by atoms with E-state index in [1.807, 2.05) is 37.3 Å². The number of nitrogens with zero attached hydrogens (tertiary/aromatic N) is 2. The molecule has 0 aromatic heterocycles. The molecule has 0 atom stereocenters. The highest BCUT2D eigenvalue weighted by molar-refractivity contribution is 7.89. The van der Waals surface area contributed by atoms with Crippen LogP contribution in [-0.2, 0) is 21.2 Å². The molecule has 0 spiro atoms. The molecule has 2 aromatic carbocycles. The Balaban J connectivity index is 2.19. The quantitative estimate of drug-likeness (QED) is 0.392. The summed E-state index contributed by atoms with van der Waals surface area (Å²) in [6.45, 7) is 5.95. The van der Waals surface area contributed by atoms with E-state index in [1.54, 1.807) is 24.3 Å². The van der Waals surface area contributed by atoms with Crippen molar-refractivity contribution in [3.8, 4) is 0 Å². The first-order chi connectivity index (χ1) is 14.9. The molecule has 6 nitrogen and oxygen atoms in total. The molecule has 1 amide bonds. The van der Waals surface area contributed by atoms with Gasteiger partial charge in [0.1, 0.15) is 0 Å². The molecule has 168 valence electrons. The van der Waals surface area contributed by atoms with Crippen LogP contribution in [0.15, 0.2) is 64.6 Å². The number of carbonyl (C=O) groups excluding carboxylic acids is 1. The van der Waals surface area contributed by atoms with Crippen LogP contribution in [-0.4, -0.2) is 37.4 Å². The Morgan fingerprint density at radius 1 is 0.968 bits per heavy atom. The number of hydrazone groups is 1. The third kappa shape index (κ3) is 7.92. The van der Waals surface area contributed by atoms with Crippen LogP contribution in [0.1, 0.15) is 50.7 Å². The van der Waals surface area contributed by atoms with Gasteiger partial charge in [0.25, 0.3) is 5.91 Å². The van der Waals surface area contributed by atoms with Gasteiger partial charge in [-0.25, -0.2) is 13.8 Å². The van der Waals surface area contributed by atoms with Crippen LogP contribution >= 0.6 is 0 Å². The molecular weight excluding hydrogens is 410 g/mol. The van der Waals surface area contributed by atoms with Gasteiger partial charge in [-0.3, -0.25) is 4.79 Å². The lowest BCUT2D eigenvalue weighted by Gasteiger charge is -2.21. The van der Waals surface area contributed by atoms with Crippen molar-refractivity contribution in [3.05, 3.63) is 65.7 Å². The first-order valence-electron chi connectivity index (χ1n) is 10.8. The molecule has 1 N–H and O–H groups in total. The number of aryl methyl sites for hydroxylation is 1. The molecule has 7 heteroatoms. The monoisotopic (exact) mass is 443 g/mol. The number of amides is 1. The molecule has 0 saturated heterocycles. The SMILES string of the molecule is CCCC(CCC)=NNC(=O)CN(CCc1ccccc1)S(=O)(=O)c1ccc(C)cc1. The summed E-state index contributed by atoms with van der Waals surface area (Å²) in [5.41, 5.74) is 5.47. The molecule has 0 bridgehead atoms. The van der Waals surface area contributed by atoms with Crippen molar-refractivity contribution in [2.45, 2.75) is 57.8 Å². The van der Waals surface area contributed by atoms with Crippen molar-refractivity contribution in [1.82, 2.24) is 9.73 Å². The fourth-order valence-corrected chi connectivity index (χ4v) is 4.59. The topological polar surface area (TPSA) is 78.8 Å². The minimum Gasteiger partial charge on any atom is -0.272 e. The number of rotatable bonds is 12. The maximum atomic E-state index is 13.3. The number of nitrogens with one attached hydrogen (secondary N) is 1. The number of hydrogen-bond donors (Lipinski definition) is 1. The van der Waals surface area contributed by atoms with E-state index < -0.39 is 15.9 Å². The molecule has 0 radical (unpaired) electrons. The molecule has 2 aromatic rings. The lowest BCUT2D eigenvalue weighted by Crippen LogP contribution is -2.40. The second-order valence-corrected chi connectivity index (χ2v) is 9.54. The van der Waals surface area contributed by atoms with Crippen molar-refractivity contribution in [2.24, 2.45) is 5.10 Å². The van der Waals surface area contributed by atoms with Crippen LogP contribution < -0.4 is 5.43 Å². The van der Waals surface area contributed by atoms with Crippen molar-refractivity contribution in [3.63, 3.8) is 0 Å². The van der Waals surface area contributed by atoms with E-state index in [0.29, 0.717) is 6.42 Å². The molecule has 0 unspecified atom stereocenters. The van der Waals surface area contributed by atoms with E-state index in [4.69, 9.17) is 0 Å². The third-order valence-corrected chi connectivity index (χ3v) is 6.75. The Kier molecular flexibility index (Phi) is 9.88. The molecule has 31 heavy (non-hydrogen) atoms. The number of benzene rings is 2. The van der Waals surface area contributed by atoms with Gasteiger partial charge >= 0.3 is 0 Å². The summed E-state index contributed by atoms with van der Waals surface area (Å²) < 4.78 is 27.7. The smallest absolute Gasteiger partial charge is 0.255 e. The Labute approximate surface area is 186 Å². The largest absolute Gasteiger partial charge is 0.272 e. The van der Waals surface area contributed by atoms with Crippen molar-refractivity contribution < 1.29 is 13.2 Å². The maximum Gasteiger partial charge on any atom is 0.255 e. The summed E-state index contributed by atoms with van der Waals surface area (Å²) in [5.74, 6) is -0.437. The van der Waals surface area contributed by atoms with Crippen LogP contribution in [0.2, 0.25) is 0 Å². The van der Waals surface area contributed by atoms with Crippen molar-refractivity contribution >= 4 is 21.6 Å². The molecule has 0 heterocycles. The molecule has 0 aliphatic carbocycles. The first-order valence-corrected chi connectivity index (χ1v) is 12.3. The Morgan fingerprint density at radius 2 is 1.58 bits per heavy atom. The van der Waals surface area contributed by atoms with Crippen LogP contribution in [0.25, 0.3) is 0 Å². The van der Waals surface area contributed by atoms with Gasteiger partial charge < -0.3 is 0 Å². The second kappa shape index (κ2) is 12.4. The molecule has 2 rings (SSSR count). The number of hydrogen-bond acceptors (Lipinski definition) is 4. The Hall–Kier alpha value is -2.51. The van der Waals surface area contributed by atoms with Crippen LogP contribution in [0.5, 0.6) is 0 Å². The summed E-state index contributed by atoms with van der Waals surface area (Å²) >= 11 is 0. The van der Waals surface area contributed by atoms with Gasteiger partial charge in [-0.2, -0.15) is 9.41 Å². The van der Waals surface area contributed by atoms with E-state index in [-0.39, 0.29) is 18.0 Å². The first kappa shape index (κ1) is 24.8. The standard InChI is InChI=1S/C24H33N3O3S/c1-4-9-22(10-5-2)25-26-24(28)19-27(18-17-21-11-7-6-8-12-21)31(29,30)23-15-13-20(3)14-16-23/h6-8,11-16H,4-5,9-10,17-19H2,1-3H3,(H,26,28). The van der Waals surface area contributed by atoms with E-state index in [0.717, 1.165) is 42.5 Å². The highest BCUT2D eigenvalue weighted by Gasteiger charge is 2.26. The third-order valence-electron chi connectivity index (χ3n) is 4.89.